The Bertz CT molecular complexity index is 1310. The number of rotatable bonds is 7. The van der Waals surface area contributed by atoms with Crippen LogP contribution in [0.5, 0.6) is 5.75 Å². The van der Waals surface area contributed by atoms with Gasteiger partial charge in [0, 0.05) is 16.7 Å². The van der Waals surface area contributed by atoms with Crippen molar-refractivity contribution in [2.75, 3.05) is 6.61 Å². The van der Waals surface area contributed by atoms with E-state index in [1.54, 1.807) is 25.1 Å². The molecule has 3 aromatic rings. The van der Waals surface area contributed by atoms with E-state index in [0.717, 1.165) is 6.07 Å². The van der Waals surface area contributed by atoms with E-state index in [0.29, 0.717) is 43.2 Å². The molecule has 0 N–H and O–H groups in total. The average Bonchev–Trinajstić information content (AvgIpc) is 2.88. The number of halogens is 6. The maximum absolute atomic E-state index is 15.1. The smallest absolute Gasteiger partial charge is 0.201 e. The highest BCUT2D eigenvalue weighted by Crippen LogP contribution is 2.40. The molecule has 36 heavy (non-hydrogen) atoms. The predicted molar refractivity (Wildman–Crippen MR) is 128 cm³/mol. The fourth-order valence-electron chi connectivity index (χ4n) is 4.76. The first-order valence-corrected chi connectivity index (χ1v) is 12.0. The molecule has 1 aliphatic carbocycles. The number of hydrogen-bond acceptors (Lipinski definition) is 1. The van der Waals surface area contributed by atoms with Crippen LogP contribution in [0.2, 0.25) is 0 Å². The summed E-state index contributed by atoms with van der Waals surface area (Å²) >= 11 is 0. The SMILES string of the molecule is CCCc1ccc(C2CC=C(c3ccc(-c4ccc(OCC)c(F)c4F)c(F)c3F)CC2)c(F)c1F. The lowest BCUT2D eigenvalue weighted by Gasteiger charge is -2.24. The molecule has 0 saturated carbocycles. The maximum atomic E-state index is 15.1. The molecule has 0 aliphatic heterocycles. The summed E-state index contributed by atoms with van der Waals surface area (Å²) in [5.74, 6) is -7.34. The molecule has 0 heterocycles. The summed E-state index contributed by atoms with van der Waals surface area (Å²) in [5, 5.41) is 0. The summed E-state index contributed by atoms with van der Waals surface area (Å²) in [5.41, 5.74) is 0.322. The molecule has 4 rings (SSSR count). The first-order chi connectivity index (χ1) is 17.3. The molecular formula is C29H26F6O. The topological polar surface area (TPSA) is 9.23 Å². The van der Waals surface area contributed by atoms with Crippen molar-refractivity contribution < 1.29 is 31.1 Å². The third kappa shape index (κ3) is 4.75. The highest BCUT2D eigenvalue weighted by Gasteiger charge is 2.26. The maximum Gasteiger partial charge on any atom is 0.201 e. The van der Waals surface area contributed by atoms with Crippen molar-refractivity contribution in [3.8, 4) is 16.9 Å². The zero-order valence-corrected chi connectivity index (χ0v) is 20.0. The van der Waals surface area contributed by atoms with Gasteiger partial charge in [-0.05, 0) is 67.4 Å². The van der Waals surface area contributed by atoms with Crippen LogP contribution >= 0.6 is 0 Å². The Labute approximate surface area is 206 Å². The molecule has 0 saturated heterocycles. The largest absolute Gasteiger partial charge is 0.491 e. The minimum absolute atomic E-state index is 0.00598. The first kappa shape index (κ1) is 25.9. The Morgan fingerprint density at radius 1 is 0.722 bits per heavy atom. The molecule has 0 radical (unpaired) electrons. The lowest BCUT2D eigenvalue weighted by atomic mass is 9.81. The van der Waals surface area contributed by atoms with Gasteiger partial charge in [-0.25, -0.2) is 22.0 Å². The molecule has 1 aliphatic rings. The van der Waals surface area contributed by atoms with Crippen LogP contribution in [-0.2, 0) is 6.42 Å². The fraction of sp³-hybridized carbons (Fsp3) is 0.310. The van der Waals surface area contributed by atoms with Crippen molar-refractivity contribution in [2.24, 2.45) is 0 Å². The summed E-state index contributed by atoms with van der Waals surface area (Å²) in [6.45, 7) is 3.62. The molecular weight excluding hydrogens is 478 g/mol. The Hall–Kier alpha value is -3.22. The van der Waals surface area contributed by atoms with Gasteiger partial charge in [-0.15, -0.1) is 0 Å². The molecule has 0 bridgehead atoms. The molecule has 0 amide bonds. The number of ether oxygens (including phenoxy) is 1. The second-order valence-electron chi connectivity index (χ2n) is 8.85. The summed E-state index contributed by atoms with van der Waals surface area (Å²) in [4.78, 5) is 0. The number of hydrogen-bond donors (Lipinski definition) is 0. The zero-order chi connectivity index (χ0) is 26.0. The van der Waals surface area contributed by atoms with Gasteiger partial charge in [0.1, 0.15) is 0 Å². The summed E-state index contributed by atoms with van der Waals surface area (Å²) < 4.78 is 92.9. The minimum Gasteiger partial charge on any atom is -0.491 e. The summed E-state index contributed by atoms with van der Waals surface area (Å²) in [6.07, 6.45) is 3.93. The van der Waals surface area contributed by atoms with Crippen LogP contribution < -0.4 is 4.74 Å². The van der Waals surface area contributed by atoms with Crippen molar-refractivity contribution in [2.45, 2.75) is 51.9 Å². The normalized spacial score (nSPS) is 15.7. The number of benzene rings is 3. The molecule has 3 aromatic carbocycles. The van der Waals surface area contributed by atoms with Gasteiger partial charge < -0.3 is 4.74 Å². The Balaban J connectivity index is 1.60. The average molecular weight is 505 g/mol. The highest BCUT2D eigenvalue weighted by molar-refractivity contribution is 5.73. The standard InChI is InChI=1S/C29H26F6O/c1-3-5-18-10-11-19(25(31)24(18)30)16-6-8-17(9-7-16)20-12-13-21(27(33)26(20)32)22-14-15-23(36-4-2)29(35)28(22)34/h8,10-16H,3-7,9H2,1-2H3. The van der Waals surface area contributed by atoms with Gasteiger partial charge in [-0.2, -0.15) is 4.39 Å². The Morgan fingerprint density at radius 3 is 2.00 bits per heavy atom. The summed E-state index contributed by atoms with van der Waals surface area (Å²) in [7, 11) is 0. The van der Waals surface area contributed by atoms with Crippen LogP contribution in [-0.4, -0.2) is 6.61 Å². The molecule has 0 spiro atoms. The number of allylic oxidation sites excluding steroid dienone is 2. The van der Waals surface area contributed by atoms with Gasteiger partial charge in [-0.3, -0.25) is 0 Å². The molecule has 190 valence electrons. The molecule has 0 fully saturated rings. The first-order valence-electron chi connectivity index (χ1n) is 12.0. The van der Waals surface area contributed by atoms with E-state index in [1.165, 1.54) is 18.2 Å². The van der Waals surface area contributed by atoms with E-state index < -0.39 is 46.0 Å². The van der Waals surface area contributed by atoms with E-state index >= 15 is 4.39 Å². The zero-order valence-electron chi connectivity index (χ0n) is 20.0. The van der Waals surface area contributed by atoms with Crippen LogP contribution in [0.25, 0.3) is 16.7 Å². The third-order valence-electron chi connectivity index (χ3n) is 6.63. The Morgan fingerprint density at radius 2 is 1.36 bits per heavy atom. The molecule has 1 unspecified atom stereocenters. The molecule has 0 aromatic heterocycles. The monoisotopic (exact) mass is 504 g/mol. The van der Waals surface area contributed by atoms with Crippen molar-refractivity contribution >= 4 is 5.57 Å². The van der Waals surface area contributed by atoms with Gasteiger partial charge in [-0.1, -0.05) is 43.7 Å². The van der Waals surface area contributed by atoms with E-state index in [2.05, 4.69) is 0 Å². The summed E-state index contributed by atoms with van der Waals surface area (Å²) in [6, 6.07) is 8.06. The minimum atomic E-state index is -1.33. The molecule has 7 heteroatoms. The lowest BCUT2D eigenvalue weighted by molar-refractivity contribution is 0.314. The van der Waals surface area contributed by atoms with Gasteiger partial charge in [0.2, 0.25) is 5.82 Å². The van der Waals surface area contributed by atoms with Gasteiger partial charge in [0.15, 0.2) is 34.8 Å². The van der Waals surface area contributed by atoms with E-state index in [1.807, 2.05) is 6.92 Å². The van der Waals surface area contributed by atoms with Crippen LogP contribution in [0, 0.1) is 34.9 Å². The van der Waals surface area contributed by atoms with E-state index in [4.69, 9.17) is 4.74 Å². The second kappa shape index (κ2) is 10.8. The van der Waals surface area contributed by atoms with E-state index in [9.17, 15) is 22.0 Å². The number of aryl methyl sites for hydroxylation is 1. The Kier molecular flexibility index (Phi) is 7.76. The van der Waals surface area contributed by atoms with Gasteiger partial charge >= 0.3 is 0 Å². The third-order valence-corrected chi connectivity index (χ3v) is 6.63. The molecule has 1 nitrogen and oxygen atoms in total. The van der Waals surface area contributed by atoms with Crippen molar-refractivity contribution in [1.29, 1.82) is 0 Å². The molecule has 1 atom stereocenters. The lowest BCUT2D eigenvalue weighted by Crippen LogP contribution is -2.09. The second-order valence-corrected chi connectivity index (χ2v) is 8.85. The predicted octanol–water partition coefficient (Wildman–Crippen LogP) is 8.89. The quantitative estimate of drug-likeness (QED) is 0.292. The van der Waals surface area contributed by atoms with E-state index in [-0.39, 0.29) is 29.4 Å². The van der Waals surface area contributed by atoms with Crippen molar-refractivity contribution in [1.82, 2.24) is 0 Å². The fourth-order valence-corrected chi connectivity index (χ4v) is 4.76. The van der Waals surface area contributed by atoms with Crippen molar-refractivity contribution in [3.05, 3.63) is 94.1 Å². The van der Waals surface area contributed by atoms with Crippen LogP contribution in [0.1, 0.15) is 62.1 Å². The van der Waals surface area contributed by atoms with Crippen LogP contribution in [0.3, 0.4) is 0 Å². The van der Waals surface area contributed by atoms with Crippen LogP contribution in [0.15, 0.2) is 42.5 Å². The van der Waals surface area contributed by atoms with Gasteiger partial charge in [0.05, 0.1) is 6.61 Å². The van der Waals surface area contributed by atoms with Crippen molar-refractivity contribution in [3.63, 3.8) is 0 Å². The van der Waals surface area contributed by atoms with Gasteiger partial charge in [0.25, 0.3) is 0 Å². The van der Waals surface area contributed by atoms with Crippen LogP contribution in [0.4, 0.5) is 26.3 Å². The highest BCUT2D eigenvalue weighted by atomic mass is 19.2.